The van der Waals surface area contributed by atoms with Gasteiger partial charge in [-0.1, -0.05) is 18.2 Å². The van der Waals surface area contributed by atoms with Crippen molar-refractivity contribution in [3.63, 3.8) is 0 Å². The van der Waals surface area contributed by atoms with Gasteiger partial charge in [0.2, 0.25) is 0 Å². The van der Waals surface area contributed by atoms with E-state index >= 15 is 0 Å². The molecule has 0 bridgehead atoms. The quantitative estimate of drug-likeness (QED) is 0.766. The highest BCUT2D eigenvalue weighted by Crippen LogP contribution is 2.23. The molecule has 1 aliphatic heterocycles. The molecule has 146 valence electrons. The fourth-order valence-electron chi connectivity index (χ4n) is 3.17. The highest BCUT2D eigenvalue weighted by Gasteiger charge is 2.23. The zero-order chi connectivity index (χ0) is 19.1. The number of rotatable bonds is 7. The Balaban J connectivity index is 1.61. The molecule has 27 heavy (non-hydrogen) atoms. The molecule has 3 rings (SSSR count). The summed E-state index contributed by atoms with van der Waals surface area (Å²) in [6.07, 6.45) is 0. The van der Waals surface area contributed by atoms with Crippen molar-refractivity contribution in [2.45, 2.75) is 12.6 Å². The van der Waals surface area contributed by atoms with Gasteiger partial charge in [-0.3, -0.25) is 4.90 Å². The summed E-state index contributed by atoms with van der Waals surface area (Å²) in [5.74, 6) is 0. The minimum Gasteiger partial charge on any atom is -0.379 e. The molecular weight excluding hydrogens is 360 g/mol. The van der Waals surface area contributed by atoms with Crippen molar-refractivity contribution in [2.75, 3.05) is 51.8 Å². The first-order chi connectivity index (χ1) is 13.1. The molecule has 1 unspecified atom stereocenters. The van der Waals surface area contributed by atoms with E-state index in [4.69, 9.17) is 4.74 Å². The van der Waals surface area contributed by atoms with Crippen LogP contribution in [-0.4, -0.2) is 57.9 Å². The molecule has 0 radical (unpaired) electrons. The number of nitrogens with one attached hydrogen (secondary N) is 2. The monoisotopic (exact) mass is 388 g/mol. The first-order valence-electron chi connectivity index (χ1n) is 9.26. The van der Waals surface area contributed by atoms with Crippen LogP contribution in [0.5, 0.6) is 0 Å². The molecule has 1 fully saturated rings. The number of carbonyl (C=O) groups excluding carboxylic acids is 1. The highest BCUT2D eigenvalue weighted by molar-refractivity contribution is 7.09. The van der Waals surface area contributed by atoms with E-state index in [1.807, 2.05) is 31.6 Å². The van der Waals surface area contributed by atoms with Gasteiger partial charge in [0.05, 0.1) is 25.8 Å². The van der Waals surface area contributed by atoms with Crippen molar-refractivity contribution in [1.29, 1.82) is 0 Å². The molecule has 0 aliphatic carbocycles. The number of anilines is 1. The number of amides is 2. The third-order valence-corrected chi connectivity index (χ3v) is 5.62. The maximum atomic E-state index is 12.2. The molecule has 2 heterocycles. The summed E-state index contributed by atoms with van der Waals surface area (Å²) < 4.78 is 5.49. The first kappa shape index (κ1) is 19.7. The van der Waals surface area contributed by atoms with Gasteiger partial charge in [-0.25, -0.2) is 4.79 Å². The molecule has 2 aromatic rings. The number of carbonyl (C=O) groups is 1. The summed E-state index contributed by atoms with van der Waals surface area (Å²) in [7, 11) is 4.07. The minimum atomic E-state index is -0.133. The van der Waals surface area contributed by atoms with E-state index in [9.17, 15) is 4.79 Å². The zero-order valence-corrected chi connectivity index (χ0v) is 16.8. The Bertz CT molecular complexity index is 697. The van der Waals surface area contributed by atoms with Crippen molar-refractivity contribution in [1.82, 2.24) is 15.5 Å². The van der Waals surface area contributed by atoms with Crippen LogP contribution in [0.25, 0.3) is 0 Å². The van der Waals surface area contributed by atoms with E-state index in [1.54, 1.807) is 11.3 Å². The van der Waals surface area contributed by atoms with Crippen LogP contribution in [0.15, 0.2) is 41.8 Å². The van der Waals surface area contributed by atoms with Gasteiger partial charge in [-0.15, -0.1) is 11.3 Å². The second kappa shape index (κ2) is 9.73. The second-order valence-electron chi connectivity index (χ2n) is 6.79. The fourth-order valence-corrected chi connectivity index (χ4v) is 3.82. The smallest absolute Gasteiger partial charge is 0.315 e. The van der Waals surface area contributed by atoms with Crippen molar-refractivity contribution >= 4 is 23.1 Å². The van der Waals surface area contributed by atoms with Crippen LogP contribution in [0, 0.1) is 0 Å². The summed E-state index contributed by atoms with van der Waals surface area (Å²) in [6, 6.07) is 12.6. The van der Waals surface area contributed by atoms with Crippen molar-refractivity contribution < 1.29 is 9.53 Å². The molecule has 0 saturated carbocycles. The van der Waals surface area contributed by atoms with Gasteiger partial charge >= 0.3 is 6.03 Å². The Labute approximate surface area is 165 Å². The van der Waals surface area contributed by atoms with Gasteiger partial charge in [0.1, 0.15) is 0 Å². The second-order valence-corrected chi connectivity index (χ2v) is 7.83. The van der Waals surface area contributed by atoms with Crippen LogP contribution in [0.4, 0.5) is 10.5 Å². The molecule has 2 amide bonds. The van der Waals surface area contributed by atoms with Gasteiger partial charge in [-0.2, -0.15) is 0 Å². The lowest BCUT2D eigenvalue weighted by molar-refractivity contribution is 0.0167. The first-order valence-corrected chi connectivity index (χ1v) is 10.1. The van der Waals surface area contributed by atoms with E-state index in [0.717, 1.165) is 31.2 Å². The van der Waals surface area contributed by atoms with Crippen LogP contribution in [-0.2, 0) is 11.3 Å². The Morgan fingerprint density at radius 2 is 1.93 bits per heavy atom. The molecule has 1 saturated heterocycles. The maximum Gasteiger partial charge on any atom is 0.315 e. The molecule has 1 aromatic carbocycles. The number of ether oxygens (including phenoxy) is 1. The number of urea groups is 1. The predicted molar refractivity (Wildman–Crippen MR) is 110 cm³/mol. The van der Waals surface area contributed by atoms with Gasteiger partial charge in [0.25, 0.3) is 0 Å². The van der Waals surface area contributed by atoms with Crippen molar-refractivity contribution in [3.8, 4) is 0 Å². The van der Waals surface area contributed by atoms with E-state index in [-0.39, 0.29) is 12.1 Å². The predicted octanol–water partition coefficient (Wildman–Crippen LogP) is 2.69. The normalized spacial score (nSPS) is 15.9. The molecule has 1 aromatic heterocycles. The maximum absolute atomic E-state index is 12.2. The average Bonchev–Trinajstić information content (AvgIpc) is 3.21. The molecule has 1 aliphatic rings. The summed E-state index contributed by atoms with van der Waals surface area (Å²) >= 11 is 1.64. The highest BCUT2D eigenvalue weighted by atomic mass is 32.1. The summed E-state index contributed by atoms with van der Waals surface area (Å²) in [6.45, 7) is 4.34. The summed E-state index contributed by atoms with van der Waals surface area (Å²) in [5, 5.41) is 7.98. The third-order valence-electron chi connectivity index (χ3n) is 4.74. The fraction of sp³-hybridized carbons (Fsp3) is 0.450. The topological polar surface area (TPSA) is 56.8 Å². The standard InChI is InChI=1S/C20H28N4O2S/c1-23(2)17-7-5-16(6-8-17)19(24-9-11-26-12-10-24)15-22-20(25)21-14-18-4-3-13-27-18/h3-8,13,19H,9-12,14-15H2,1-2H3,(H2,21,22,25). The summed E-state index contributed by atoms with van der Waals surface area (Å²) in [5.41, 5.74) is 2.38. The Kier molecular flexibility index (Phi) is 7.09. The third kappa shape index (κ3) is 5.69. The lowest BCUT2D eigenvalue weighted by Crippen LogP contribution is -2.45. The molecule has 7 heteroatoms. The van der Waals surface area contributed by atoms with Crippen molar-refractivity contribution in [3.05, 3.63) is 52.2 Å². The average molecular weight is 389 g/mol. The van der Waals surface area contributed by atoms with Gasteiger partial charge in [0, 0.05) is 44.3 Å². The minimum absolute atomic E-state index is 0.133. The largest absolute Gasteiger partial charge is 0.379 e. The number of morpholine rings is 1. The summed E-state index contributed by atoms with van der Waals surface area (Å²) in [4.78, 5) is 17.8. The number of hydrogen-bond acceptors (Lipinski definition) is 5. The Morgan fingerprint density at radius 1 is 1.19 bits per heavy atom. The SMILES string of the molecule is CN(C)c1ccc(C(CNC(=O)NCc2cccs2)N2CCOCC2)cc1. The number of hydrogen-bond donors (Lipinski definition) is 2. The zero-order valence-electron chi connectivity index (χ0n) is 16.0. The van der Waals surface area contributed by atoms with Gasteiger partial charge < -0.3 is 20.3 Å². The van der Waals surface area contributed by atoms with Gasteiger partial charge in [-0.05, 0) is 29.1 Å². The van der Waals surface area contributed by atoms with Crippen LogP contribution in [0.1, 0.15) is 16.5 Å². The molecule has 0 spiro atoms. The van der Waals surface area contributed by atoms with Gasteiger partial charge in [0.15, 0.2) is 0 Å². The van der Waals surface area contributed by atoms with Crippen molar-refractivity contribution in [2.24, 2.45) is 0 Å². The van der Waals surface area contributed by atoms with E-state index in [0.29, 0.717) is 13.1 Å². The lowest BCUT2D eigenvalue weighted by atomic mass is 10.0. The van der Waals surface area contributed by atoms with E-state index in [1.165, 1.54) is 11.3 Å². The number of nitrogens with zero attached hydrogens (tertiary/aromatic N) is 2. The molecule has 6 nitrogen and oxygen atoms in total. The Morgan fingerprint density at radius 3 is 2.56 bits per heavy atom. The van der Waals surface area contributed by atoms with Crippen LogP contribution >= 0.6 is 11.3 Å². The number of benzene rings is 1. The molecule has 2 N–H and O–H groups in total. The Hall–Kier alpha value is -2.09. The van der Waals surface area contributed by atoms with Crippen LogP contribution in [0.2, 0.25) is 0 Å². The van der Waals surface area contributed by atoms with E-state index in [2.05, 4.69) is 44.7 Å². The van der Waals surface area contributed by atoms with Crippen LogP contribution in [0.3, 0.4) is 0 Å². The number of thiophene rings is 1. The molecule has 1 atom stereocenters. The van der Waals surface area contributed by atoms with Crippen LogP contribution < -0.4 is 15.5 Å². The van der Waals surface area contributed by atoms with E-state index < -0.39 is 0 Å². The molecular formula is C20H28N4O2S. The lowest BCUT2D eigenvalue weighted by Gasteiger charge is -2.35.